The van der Waals surface area contributed by atoms with Crippen molar-refractivity contribution in [1.29, 1.82) is 0 Å². The van der Waals surface area contributed by atoms with Gasteiger partial charge in [-0.15, -0.1) is 0 Å². The number of aryl methyl sites for hydroxylation is 1. The summed E-state index contributed by atoms with van der Waals surface area (Å²) in [5.74, 6) is 0.866. The molecule has 14 heavy (non-hydrogen) atoms. The highest BCUT2D eigenvalue weighted by Gasteiger charge is 2.19. The quantitative estimate of drug-likeness (QED) is 0.738. The molecule has 4 heteroatoms. The molecule has 0 bridgehead atoms. The number of rotatable bonds is 1. The number of hydrogen-bond acceptors (Lipinski definition) is 3. The first kappa shape index (κ1) is 9.15. The van der Waals surface area contributed by atoms with E-state index in [1.54, 1.807) is 20.0 Å². The smallest absolute Gasteiger partial charge is 0.140 e. The zero-order valence-electron chi connectivity index (χ0n) is 8.52. The minimum absolute atomic E-state index is 0.661. The molecule has 0 aliphatic rings. The molecule has 0 spiro atoms. The highest BCUT2D eigenvalue weighted by molar-refractivity contribution is 5.40. The van der Waals surface area contributed by atoms with E-state index in [0.717, 1.165) is 11.5 Å². The van der Waals surface area contributed by atoms with Crippen molar-refractivity contribution in [3.05, 3.63) is 30.0 Å². The molecule has 0 aliphatic carbocycles. The first-order chi connectivity index (χ1) is 6.48. The molecule has 1 N–H and O–H groups in total. The maximum atomic E-state index is 9.78. The molecule has 0 radical (unpaired) electrons. The Morgan fingerprint density at radius 2 is 2.14 bits per heavy atom. The Balaban J connectivity index is 2.69. The molecule has 2 aromatic rings. The van der Waals surface area contributed by atoms with E-state index >= 15 is 0 Å². The Bertz CT molecular complexity index is 468. The second-order valence-corrected chi connectivity index (χ2v) is 3.91. The van der Waals surface area contributed by atoms with Gasteiger partial charge in [0.25, 0.3) is 0 Å². The van der Waals surface area contributed by atoms with Gasteiger partial charge in [0, 0.05) is 12.4 Å². The van der Waals surface area contributed by atoms with Crippen LogP contribution in [0.3, 0.4) is 0 Å². The zero-order valence-corrected chi connectivity index (χ0v) is 8.52. The van der Waals surface area contributed by atoms with Gasteiger partial charge in [0.15, 0.2) is 0 Å². The minimum Gasteiger partial charge on any atom is -0.384 e. The lowest BCUT2D eigenvalue weighted by Crippen LogP contribution is -2.15. The topological polar surface area (TPSA) is 50.4 Å². The largest absolute Gasteiger partial charge is 0.384 e. The van der Waals surface area contributed by atoms with Gasteiger partial charge in [-0.3, -0.25) is 4.40 Å². The van der Waals surface area contributed by atoms with E-state index in [-0.39, 0.29) is 0 Å². The van der Waals surface area contributed by atoms with E-state index in [1.807, 2.05) is 23.6 Å². The summed E-state index contributed by atoms with van der Waals surface area (Å²) in [5, 5.41) is 9.78. The van der Waals surface area contributed by atoms with E-state index in [1.165, 1.54) is 0 Å². The summed E-state index contributed by atoms with van der Waals surface area (Å²) in [6.45, 7) is 5.35. The Labute approximate surface area is 82.2 Å². The van der Waals surface area contributed by atoms with Crippen LogP contribution in [0.25, 0.3) is 5.65 Å². The van der Waals surface area contributed by atoms with Gasteiger partial charge in [-0.1, -0.05) is 0 Å². The number of aliphatic hydroxyl groups is 1. The first-order valence-corrected chi connectivity index (χ1v) is 4.52. The summed E-state index contributed by atoms with van der Waals surface area (Å²) in [6.07, 6.45) is 3.53. The number of nitrogens with zero attached hydrogens (tertiary/aromatic N) is 3. The second-order valence-electron chi connectivity index (χ2n) is 3.91. The first-order valence-electron chi connectivity index (χ1n) is 4.52. The summed E-state index contributed by atoms with van der Waals surface area (Å²) in [5.41, 5.74) is 0.571. The number of fused-ring (bicyclic) bond motifs is 1. The minimum atomic E-state index is -0.904. The predicted octanol–water partition coefficient (Wildman–Crippen LogP) is 1.27. The Kier molecular flexibility index (Phi) is 1.82. The van der Waals surface area contributed by atoms with Crippen LogP contribution in [0.5, 0.6) is 0 Å². The molecule has 2 heterocycles. The van der Waals surface area contributed by atoms with Crippen molar-refractivity contribution in [1.82, 2.24) is 14.4 Å². The van der Waals surface area contributed by atoms with Crippen molar-refractivity contribution in [3.63, 3.8) is 0 Å². The van der Waals surface area contributed by atoms with Crippen molar-refractivity contribution in [2.75, 3.05) is 0 Å². The Hall–Kier alpha value is -1.42. The molecule has 74 valence electrons. The monoisotopic (exact) mass is 191 g/mol. The fourth-order valence-electron chi connectivity index (χ4n) is 1.34. The molecule has 4 nitrogen and oxygen atoms in total. The average molecular weight is 191 g/mol. The molecule has 2 rings (SSSR count). The van der Waals surface area contributed by atoms with E-state index in [2.05, 4.69) is 9.97 Å². The molecule has 0 amide bonds. The van der Waals surface area contributed by atoms with E-state index in [9.17, 15) is 5.11 Å². The lowest BCUT2D eigenvalue weighted by atomic mass is 10.1. The molecule has 2 aromatic heterocycles. The highest BCUT2D eigenvalue weighted by atomic mass is 16.3. The maximum absolute atomic E-state index is 9.78. The summed E-state index contributed by atoms with van der Waals surface area (Å²) < 4.78 is 1.87. The standard InChI is InChI=1S/C10H13N3O/c1-7-11-5-4-9-12-8(6-13(7)9)10(2,3)14/h4-6,14H,1-3H3. The summed E-state index contributed by atoms with van der Waals surface area (Å²) in [7, 11) is 0. The molecule has 0 fully saturated rings. The molecule has 0 aliphatic heterocycles. The van der Waals surface area contributed by atoms with Crippen LogP contribution >= 0.6 is 0 Å². The van der Waals surface area contributed by atoms with E-state index < -0.39 is 5.60 Å². The van der Waals surface area contributed by atoms with Crippen LogP contribution in [-0.2, 0) is 5.60 Å². The van der Waals surface area contributed by atoms with Gasteiger partial charge in [-0.25, -0.2) is 9.97 Å². The van der Waals surface area contributed by atoms with Crippen molar-refractivity contribution >= 4 is 5.65 Å². The van der Waals surface area contributed by atoms with Crippen molar-refractivity contribution in [2.45, 2.75) is 26.4 Å². The average Bonchev–Trinajstić information content (AvgIpc) is 2.48. The SMILES string of the molecule is Cc1nccc2nc(C(C)(C)O)cn12. The fourth-order valence-corrected chi connectivity index (χ4v) is 1.34. The van der Waals surface area contributed by atoms with Gasteiger partial charge < -0.3 is 5.11 Å². The van der Waals surface area contributed by atoms with Gasteiger partial charge in [-0.05, 0) is 26.8 Å². The van der Waals surface area contributed by atoms with Crippen LogP contribution in [0.1, 0.15) is 25.4 Å². The predicted molar refractivity (Wildman–Crippen MR) is 53.0 cm³/mol. The van der Waals surface area contributed by atoms with Gasteiger partial charge in [0.05, 0.1) is 5.69 Å². The van der Waals surface area contributed by atoms with Crippen LogP contribution < -0.4 is 0 Å². The van der Waals surface area contributed by atoms with Crippen molar-refractivity contribution in [3.8, 4) is 0 Å². The molecule has 0 saturated carbocycles. The lowest BCUT2D eigenvalue weighted by molar-refractivity contribution is 0.0744. The fraction of sp³-hybridized carbons (Fsp3) is 0.400. The summed E-state index contributed by atoms with van der Waals surface area (Å²) in [4.78, 5) is 8.46. The maximum Gasteiger partial charge on any atom is 0.140 e. The van der Waals surface area contributed by atoms with Gasteiger partial charge in [0.1, 0.15) is 17.1 Å². The molecule has 0 saturated heterocycles. The van der Waals surface area contributed by atoms with Crippen LogP contribution in [-0.4, -0.2) is 19.5 Å². The van der Waals surface area contributed by atoms with Crippen molar-refractivity contribution < 1.29 is 5.11 Å². The van der Waals surface area contributed by atoms with Gasteiger partial charge in [0.2, 0.25) is 0 Å². The van der Waals surface area contributed by atoms with Crippen LogP contribution in [0, 0.1) is 6.92 Å². The highest BCUT2D eigenvalue weighted by Crippen LogP contribution is 2.19. The Morgan fingerprint density at radius 3 is 2.71 bits per heavy atom. The third-order valence-electron chi connectivity index (χ3n) is 2.19. The van der Waals surface area contributed by atoms with E-state index in [4.69, 9.17) is 0 Å². The normalized spacial score (nSPS) is 12.3. The number of aromatic nitrogens is 3. The molecule has 0 atom stereocenters. The van der Waals surface area contributed by atoms with Crippen LogP contribution in [0.4, 0.5) is 0 Å². The summed E-state index contributed by atoms with van der Waals surface area (Å²) >= 11 is 0. The van der Waals surface area contributed by atoms with Gasteiger partial charge >= 0.3 is 0 Å². The molecule has 0 aromatic carbocycles. The van der Waals surface area contributed by atoms with Crippen LogP contribution in [0.15, 0.2) is 18.5 Å². The molecule has 0 unspecified atom stereocenters. The molecular weight excluding hydrogens is 178 g/mol. The lowest BCUT2D eigenvalue weighted by Gasteiger charge is -2.12. The molecular formula is C10H13N3O. The van der Waals surface area contributed by atoms with E-state index in [0.29, 0.717) is 5.69 Å². The number of hydrogen-bond donors (Lipinski definition) is 1. The second kappa shape index (κ2) is 2.78. The Morgan fingerprint density at radius 1 is 1.43 bits per heavy atom. The summed E-state index contributed by atoms with van der Waals surface area (Å²) in [6, 6.07) is 1.82. The number of imidazole rings is 1. The van der Waals surface area contributed by atoms with Gasteiger partial charge in [-0.2, -0.15) is 0 Å². The van der Waals surface area contributed by atoms with Crippen LogP contribution in [0.2, 0.25) is 0 Å². The zero-order chi connectivity index (χ0) is 10.3. The van der Waals surface area contributed by atoms with Crippen molar-refractivity contribution in [2.24, 2.45) is 0 Å². The third-order valence-corrected chi connectivity index (χ3v) is 2.19. The third kappa shape index (κ3) is 1.37.